The number of nitrogens with one attached hydrogen (secondary N) is 3. The molecule has 0 aliphatic carbocycles. The van der Waals surface area contributed by atoms with Gasteiger partial charge in [-0.05, 0) is 99.6 Å². The van der Waals surface area contributed by atoms with Gasteiger partial charge >= 0.3 is 6.09 Å². The number of aromatic amines is 2. The molecule has 0 radical (unpaired) electrons. The summed E-state index contributed by atoms with van der Waals surface area (Å²) < 4.78 is 4.82. The number of aromatic nitrogens is 4. The fourth-order valence-corrected chi connectivity index (χ4v) is 8.31. The van der Waals surface area contributed by atoms with Gasteiger partial charge in [-0.2, -0.15) is 0 Å². The highest BCUT2D eigenvalue weighted by atomic mass is 16.5. The van der Waals surface area contributed by atoms with Gasteiger partial charge in [0.2, 0.25) is 5.91 Å². The number of likely N-dealkylation sites (tertiary alicyclic amines) is 3. The lowest BCUT2D eigenvalue weighted by atomic mass is 9.95. The third-order valence-electron chi connectivity index (χ3n) is 11.5. The SMILES string of the molecule is COC(=O)NC(C(=O)N1CCCC1c1ncc(-c2ccc(C#Cc3ccc(-c4cnc(C5CCCN5C(=O)C5CCN(C)CC5)[nH]4)cc3)cc2)[nH]1)c1ccccc1. The van der Waals surface area contributed by atoms with Crippen LogP contribution in [0.15, 0.2) is 91.3 Å². The van der Waals surface area contributed by atoms with Crippen molar-refractivity contribution in [1.29, 1.82) is 0 Å². The molecule has 3 atom stereocenters. The third kappa shape index (κ3) is 8.34. The summed E-state index contributed by atoms with van der Waals surface area (Å²) in [5.41, 5.74) is 6.23. The molecule has 292 valence electrons. The van der Waals surface area contributed by atoms with Gasteiger partial charge in [0, 0.05) is 30.1 Å². The van der Waals surface area contributed by atoms with Gasteiger partial charge in [-0.1, -0.05) is 66.4 Å². The molecule has 12 heteroatoms. The summed E-state index contributed by atoms with van der Waals surface area (Å²) in [5, 5.41) is 2.71. The first kappa shape index (κ1) is 37.7. The third-order valence-corrected chi connectivity index (χ3v) is 11.5. The molecule has 5 aromatic rings. The Kier molecular flexibility index (Phi) is 11.2. The molecule has 3 aliphatic heterocycles. The van der Waals surface area contributed by atoms with Crippen molar-refractivity contribution in [2.24, 2.45) is 5.92 Å². The van der Waals surface area contributed by atoms with E-state index in [0.29, 0.717) is 17.9 Å². The summed E-state index contributed by atoms with van der Waals surface area (Å²) in [4.78, 5) is 62.0. The molecule has 57 heavy (non-hydrogen) atoms. The number of nitrogens with zero attached hydrogens (tertiary/aromatic N) is 5. The number of benzene rings is 3. The molecule has 8 rings (SSSR count). The fourth-order valence-electron chi connectivity index (χ4n) is 8.31. The molecule has 3 aliphatic rings. The first-order valence-electron chi connectivity index (χ1n) is 19.9. The van der Waals surface area contributed by atoms with E-state index in [1.54, 1.807) is 11.1 Å². The van der Waals surface area contributed by atoms with E-state index in [1.165, 1.54) is 7.11 Å². The van der Waals surface area contributed by atoms with Crippen LogP contribution in [0.1, 0.15) is 85.0 Å². The molecular formula is C45H48N8O4. The van der Waals surface area contributed by atoms with E-state index < -0.39 is 12.1 Å². The summed E-state index contributed by atoms with van der Waals surface area (Å²) in [6.07, 6.45) is 8.37. The molecule has 3 aromatic carbocycles. The maximum Gasteiger partial charge on any atom is 0.407 e. The minimum absolute atomic E-state index is 0.00235. The number of rotatable bonds is 8. The standard InChI is InChI=1S/C45H48N8O4/c1-51-26-22-35(23-27-51)43(54)52-24-6-10-38(52)41-46-28-36(48-41)32-18-14-30(15-19-32)12-13-31-16-20-33(21-17-31)37-29-47-42(49-37)39-11-7-25-53(39)44(55)40(50-45(56)57-2)34-8-4-3-5-9-34/h3-5,8-9,14-21,28-29,35,38-40H,6-7,10-11,22-27H2,1-2H3,(H,46,48)(H,47,49)(H,50,56). The van der Waals surface area contributed by atoms with E-state index in [9.17, 15) is 14.4 Å². The van der Waals surface area contributed by atoms with Crippen LogP contribution in [0.3, 0.4) is 0 Å². The van der Waals surface area contributed by atoms with Gasteiger partial charge in [0.15, 0.2) is 0 Å². The highest BCUT2D eigenvalue weighted by Crippen LogP contribution is 2.36. The van der Waals surface area contributed by atoms with Gasteiger partial charge in [-0.25, -0.2) is 14.8 Å². The van der Waals surface area contributed by atoms with Gasteiger partial charge < -0.3 is 34.7 Å². The Morgan fingerprint density at radius 1 is 0.719 bits per heavy atom. The van der Waals surface area contributed by atoms with Crippen LogP contribution in [0.25, 0.3) is 22.5 Å². The molecule has 0 bridgehead atoms. The average Bonchev–Trinajstić information content (AvgIpc) is 4.10. The van der Waals surface area contributed by atoms with Gasteiger partial charge in [0.05, 0.1) is 43.0 Å². The number of hydrogen-bond donors (Lipinski definition) is 3. The first-order valence-corrected chi connectivity index (χ1v) is 19.9. The van der Waals surface area contributed by atoms with E-state index in [4.69, 9.17) is 9.72 Å². The van der Waals surface area contributed by atoms with Crippen LogP contribution < -0.4 is 5.32 Å². The first-order chi connectivity index (χ1) is 27.8. The van der Waals surface area contributed by atoms with Gasteiger partial charge in [0.1, 0.15) is 17.7 Å². The number of piperidine rings is 1. The topological polar surface area (TPSA) is 140 Å². The number of hydrogen-bond acceptors (Lipinski definition) is 7. The van der Waals surface area contributed by atoms with Crippen molar-refractivity contribution in [2.75, 3.05) is 40.3 Å². The maximum absolute atomic E-state index is 13.9. The normalized spacial score (nSPS) is 19.2. The van der Waals surface area contributed by atoms with Crippen LogP contribution in [0.2, 0.25) is 0 Å². The molecule has 3 amide bonds. The summed E-state index contributed by atoms with van der Waals surface area (Å²) in [5.74, 6) is 8.31. The predicted octanol–water partition coefficient (Wildman–Crippen LogP) is 6.63. The Morgan fingerprint density at radius 3 is 1.79 bits per heavy atom. The molecule has 3 N–H and O–H groups in total. The Morgan fingerprint density at radius 2 is 1.25 bits per heavy atom. The number of H-pyrrole nitrogens is 2. The zero-order valence-electron chi connectivity index (χ0n) is 32.4. The van der Waals surface area contributed by atoms with E-state index in [1.807, 2.05) is 85.1 Å². The Bertz CT molecular complexity index is 2250. The van der Waals surface area contributed by atoms with Crippen molar-refractivity contribution < 1.29 is 19.1 Å². The molecule has 2 aromatic heterocycles. The lowest BCUT2D eigenvalue weighted by molar-refractivity contribution is -0.138. The molecule has 3 unspecified atom stereocenters. The lowest BCUT2D eigenvalue weighted by Gasteiger charge is -2.32. The van der Waals surface area contributed by atoms with Crippen molar-refractivity contribution in [3.05, 3.63) is 120 Å². The number of carbonyl (C=O) groups excluding carboxylic acids is 3. The van der Waals surface area contributed by atoms with Crippen LogP contribution in [0.4, 0.5) is 4.79 Å². The number of carbonyl (C=O) groups is 3. The molecule has 0 saturated carbocycles. The quantitative estimate of drug-likeness (QED) is 0.151. The molecular weight excluding hydrogens is 717 g/mol. The van der Waals surface area contributed by atoms with E-state index in [0.717, 1.165) is 97.6 Å². The van der Waals surface area contributed by atoms with Crippen LogP contribution in [0, 0.1) is 17.8 Å². The van der Waals surface area contributed by atoms with Crippen LogP contribution in [0.5, 0.6) is 0 Å². The van der Waals surface area contributed by atoms with Gasteiger partial charge in [-0.3, -0.25) is 9.59 Å². The van der Waals surface area contributed by atoms with Gasteiger partial charge in [-0.15, -0.1) is 0 Å². The summed E-state index contributed by atoms with van der Waals surface area (Å²) in [6, 6.07) is 24.2. The molecule has 5 heterocycles. The van der Waals surface area contributed by atoms with Gasteiger partial charge in [0.25, 0.3) is 5.91 Å². The fraction of sp³-hybridized carbons (Fsp3) is 0.356. The zero-order chi connectivity index (χ0) is 39.3. The molecule has 3 fully saturated rings. The Hall–Kier alpha value is -6.19. The average molecular weight is 765 g/mol. The monoisotopic (exact) mass is 764 g/mol. The van der Waals surface area contributed by atoms with Crippen molar-refractivity contribution in [3.63, 3.8) is 0 Å². The molecule has 12 nitrogen and oxygen atoms in total. The minimum Gasteiger partial charge on any atom is -0.453 e. The second kappa shape index (κ2) is 16.9. The van der Waals surface area contributed by atoms with E-state index in [2.05, 4.69) is 49.0 Å². The number of methoxy groups -OCH3 is 1. The molecule has 3 saturated heterocycles. The van der Waals surface area contributed by atoms with Crippen LogP contribution in [-0.2, 0) is 14.3 Å². The minimum atomic E-state index is -0.870. The Balaban J connectivity index is 0.892. The largest absolute Gasteiger partial charge is 0.453 e. The van der Waals surface area contributed by atoms with E-state index in [-0.39, 0.29) is 29.8 Å². The summed E-state index contributed by atoms with van der Waals surface area (Å²) in [6.45, 7) is 3.31. The highest BCUT2D eigenvalue weighted by Gasteiger charge is 2.38. The summed E-state index contributed by atoms with van der Waals surface area (Å²) in [7, 11) is 3.41. The predicted molar refractivity (Wildman–Crippen MR) is 216 cm³/mol. The molecule has 0 spiro atoms. The second-order valence-electron chi connectivity index (χ2n) is 15.2. The highest BCUT2D eigenvalue weighted by molar-refractivity contribution is 5.87. The zero-order valence-corrected chi connectivity index (χ0v) is 32.4. The van der Waals surface area contributed by atoms with E-state index >= 15 is 0 Å². The number of alkyl carbamates (subject to hydrolysis) is 1. The van der Waals surface area contributed by atoms with Crippen molar-refractivity contribution in [2.45, 2.75) is 56.7 Å². The Labute approximate surface area is 333 Å². The number of imidazole rings is 2. The summed E-state index contributed by atoms with van der Waals surface area (Å²) >= 11 is 0. The van der Waals surface area contributed by atoms with Crippen molar-refractivity contribution >= 4 is 17.9 Å². The van der Waals surface area contributed by atoms with Crippen LogP contribution in [-0.4, -0.2) is 92.9 Å². The smallest absolute Gasteiger partial charge is 0.407 e. The van der Waals surface area contributed by atoms with Crippen LogP contribution >= 0.6 is 0 Å². The number of amides is 3. The van der Waals surface area contributed by atoms with Crippen molar-refractivity contribution in [1.82, 2.24) is 40.0 Å². The second-order valence-corrected chi connectivity index (χ2v) is 15.2. The number of ether oxygens (including phenoxy) is 1. The lowest BCUT2D eigenvalue weighted by Crippen LogP contribution is -2.42. The maximum atomic E-state index is 13.9. The van der Waals surface area contributed by atoms with Crippen molar-refractivity contribution in [3.8, 4) is 34.4 Å².